The molecule has 0 fully saturated rings. The van der Waals surface area contributed by atoms with Crippen LogP contribution < -0.4 is 4.90 Å². The number of fused-ring (bicyclic) bond motifs is 1. The molecule has 13 heteroatoms. The van der Waals surface area contributed by atoms with Gasteiger partial charge in [0.05, 0.1) is 22.5 Å². The number of aromatic nitrogens is 6. The molecule has 3 aromatic heterocycles. The van der Waals surface area contributed by atoms with E-state index < -0.39 is 30.5 Å². The van der Waals surface area contributed by atoms with Gasteiger partial charge >= 0.3 is 6.18 Å². The van der Waals surface area contributed by atoms with Crippen molar-refractivity contribution < 1.29 is 22.4 Å². The van der Waals surface area contributed by atoms with Gasteiger partial charge in [-0.3, -0.25) is 9.36 Å². The van der Waals surface area contributed by atoms with Gasteiger partial charge in [0.15, 0.2) is 5.13 Å². The summed E-state index contributed by atoms with van der Waals surface area (Å²) in [6.07, 6.45) is 2.03. The maximum Gasteiger partial charge on any atom is 0.406 e. The molecule has 1 amide bonds. The van der Waals surface area contributed by atoms with Crippen LogP contribution in [0.2, 0.25) is 0 Å². The number of carbonyl (C=O) groups is 1. The van der Waals surface area contributed by atoms with E-state index in [1.807, 2.05) is 13.1 Å². The molecule has 1 aromatic carbocycles. The molecule has 5 rings (SSSR count). The van der Waals surface area contributed by atoms with E-state index in [9.17, 15) is 22.4 Å². The van der Waals surface area contributed by atoms with Crippen LogP contribution in [-0.4, -0.2) is 48.2 Å². The second kappa shape index (κ2) is 8.31. The maximum atomic E-state index is 14.4. The second-order valence-electron chi connectivity index (χ2n) is 7.84. The number of benzene rings is 1. The summed E-state index contributed by atoms with van der Waals surface area (Å²) in [5, 5.41) is 8.76. The van der Waals surface area contributed by atoms with Crippen molar-refractivity contribution in [1.29, 1.82) is 0 Å². The highest BCUT2D eigenvalue weighted by molar-refractivity contribution is 7.17. The first kappa shape index (κ1) is 22.2. The fourth-order valence-electron chi connectivity index (χ4n) is 3.91. The maximum absolute atomic E-state index is 14.4. The number of thiazole rings is 1. The van der Waals surface area contributed by atoms with Crippen molar-refractivity contribution in [2.45, 2.75) is 32.0 Å². The largest absolute Gasteiger partial charge is 0.406 e. The minimum absolute atomic E-state index is 0.0747. The van der Waals surface area contributed by atoms with Gasteiger partial charge in [-0.15, -0.1) is 5.10 Å². The lowest BCUT2D eigenvalue weighted by molar-refractivity contribution is -0.134. The van der Waals surface area contributed by atoms with Crippen molar-refractivity contribution in [2.24, 2.45) is 0 Å². The van der Waals surface area contributed by atoms with Crippen LogP contribution in [0.5, 0.6) is 0 Å². The molecular formula is C21H17F4N7OS. The quantitative estimate of drug-likeness (QED) is 0.401. The Balaban J connectivity index is 1.46. The van der Waals surface area contributed by atoms with Crippen LogP contribution >= 0.6 is 11.3 Å². The summed E-state index contributed by atoms with van der Waals surface area (Å²) in [4.78, 5) is 23.0. The van der Waals surface area contributed by atoms with E-state index in [2.05, 4.69) is 20.3 Å². The molecule has 0 saturated heterocycles. The van der Waals surface area contributed by atoms with Crippen LogP contribution in [0.25, 0.3) is 15.7 Å². The molecule has 8 nitrogen and oxygen atoms in total. The number of halogens is 4. The van der Waals surface area contributed by atoms with Crippen LogP contribution in [0, 0.1) is 12.7 Å². The summed E-state index contributed by atoms with van der Waals surface area (Å²) >= 11 is 1.32. The van der Waals surface area contributed by atoms with Crippen molar-refractivity contribution >= 4 is 22.9 Å². The van der Waals surface area contributed by atoms with Crippen molar-refractivity contribution in [2.75, 3.05) is 11.4 Å². The molecule has 0 aliphatic carbocycles. The van der Waals surface area contributed by atoms with Crippen LogP contribution in [0.3, 0.4) is 0 Å². The van der Waals surface area contributed by atoms with E-state index in [1.165, 1.54) is 40.4 Å². The van der Waals surface area contributed by atoms with Gasteiger partial charge < -0.3 is 4.90 Å². The SMILES string of the molecule is Cc1cn(-c2ncc(-c3cn(C4CCc5c(F)cccc5N(CC(F)(F)F)C4=O)nn3)s2)cn1. The highest BCUT2D eigenvalue weighted by atomic mass is 32.1. The minimum atomic E-state index is -4.66. The molecule has 1 unspecified atom stereocenters. The average molecular weight is 491 g/mol. The first-order chi connectivity index (χ1) is 16.2. The van der Waals surface area contributed by atoms with E-state index in [0.717, 1.165) is 5.69 Å². The predicted molar refractivity (Wildman–Crippen MR) is 115 cm³/mol. The molecule has 176 valence electrons. The topological polar surface area (TPSA) is 81.7 Å². The summed E-state index contributed by atoms with van der Waals surface area (Å²) in [5.74, 6) is -1.47. The molecule has 0 spiro atoms. The third-order valence-electron chi connectivity index (χ3n) is 5.45. The number of anilines is 1. The second-order valence-corrected chi connectivity index (χ2v) is 8.85. The Morgan fingerprint density at radius 3 is 2.76 bits per heavy atom. The Hall–Kier alpha value is -3.61. The smallest absolute Gasteiger partial charge is 0.301 e. The molecule has 4 aromatic rings. The van der Waals surface area contributed by atoms with Crippen molar-refractivity contribution in [3.63, 3.8) is 0 Å². The molecule has 4 heterocycles. The summed E-state index contributed by atoms with van der Waals surface area (Å²) < 4.78 is 57.3. The third kappa shape index (κ3) is 4.18. The standard InChI is InChI=1S/C21H17F4N7OS/c1-12-8-30(11-27-12)20-26-7-18(34-20)15-9-32(29-28-15)17-6-5-13-14(22)3-2-4-16(13)31(19(17)33)10-21(23,24)25/h2-4,7-9,11,17H,5-6,10H2,1H3. The Bertz CT molecular complexity index is 1360. The minimum Gasteiger partial charge on any atom is -0.301 e. The monoisotopic (exact) mass is 491 g/mol. The van der Waals surface area contributed by atoms with Gasteiger partial charge in [-0.05, 0) is 31.9 Å². The van der Waals surface area contributed by atoms with Gasteiger partial charge in [-0.25, -0.2) is 19.0 Å². The number of imidazole rings is 1. The lowest BCUT2D eigenvalue weighted by Crippen LogP contribution is -2.42. The molecular weight excluding hydrogens is 474 g/mol. The lowest BCUT2D eigenvalue weighted by Gasteiger charge is -2.26. The number of aryl methyl sites for hydroxylation is 1. The number of rotatable bonds is 4. The van der Waals surface area contributed by atoms with Crippen LogP contribution in [0.1, 0.15) is 23.7 Å². The zero-order chi connectivity index (χ0) is 24.0. The lowest BCUT2D eigenvalue weighted by atomic mass is 10.1. The van der Waals surface area contributed by atoms with Crippen LogP contribution in [0.15, 0.2) is 43.1 Å². The third-order valence-corrected chi connectivity index (χ3v) is 6.48. The van der Waals surface area contributed by atoms with E-state index in [4.69, 9.17) is 0 Å². The van der Waals surface area contributed by atoms with Crippen LogP contribution in [-0.2, 0) is 11.2 Å². The Kier molecular flexibility index (Phi) is 5.42. The van der Waals surface area contributed by atoms with Crippen molar-refractivity contribution in [3.8, 4) is 15.7 Å². The molecule has 1 aliphatic rings. The van der Waals surface area contributed by atoms with Crippen LogP contribution in [0.4, 0.5) is 23.2 Å². The fourth-order valence-corrected chi connectivity index (χ4v) is 4.72. The number of amides is 1. The number of hydrogen-bond donors (Lipinski definition) is 0. The molecule has 0 saturated carbocycles. The zero-order valence-electron chi connectivity index (χ0n) is 17.7. The van der Waals surface area contributed by atoms with E-state index >= 15 is 0 Å². The average Bonchev–Trinajstić information content (AvgIpc) is 3.51. The number of alkyl halides is 3. The van der Waals surface area contributed by atoms with E-state index in [1.54, 1.807) is 17.1 Å². The number of hydrogen-bond acceptors (Lipinski definition) is 6. The van der Waals surface area contributed by atoms with E-state index in [-0.39, 0.29) is 24.1 Å². The van der Waals surface area contributed by atoms with E-state index in [0.29, 0.717) is 20.6 Å². The van der Waals surface area contributed by atoms with Gasteiger partial charge in [0.2, 0.25) is 0 Å². The normalized spacial score (nSPS) is 16.6. The van der Waals surface area contributed by atoms with Gasteiger partial charge in [-0.1, -0.05) is 22.6 Å². The Morgan fingerprint density at radius 2 is 2.03 bits per heavy atom. The number of nitrogens with zero attached hydrogens (tertiary/aromatic N) is 7. The number of carbonyl (C=O) groups excluding carboxylic acids is 1. The Labute approximate surface area is 194 Å². The van der Waals surface area contributed by atoms with Crippen molar-refractivity contribution in [1.82, 2.24) is 29.5 Å². The van der Waals surface area contributed by atoms with Gasteiger partial charge in [0, 0.05) is 18.0 Å². The van der Waals surface area contributed by atoms with Crippen molar-refractivity contribution in [3.05, 3.63) is 60.2 Å². The molecule has 0 radical (unpaired) electrons. The molecule has 1 aliphatic heterocycles. The zero-order valence-corrected chi connectivity index (χ0v) is 18.5. The first-order valence-corrected chi connectivity index (χ1v) is 11.1. The van der Waals surface area contributed by atoms with Gasteiger partial charge in [-0.2, -0.15) is 13.2 Å². The fraction of sp³-hybridized carbons (Fsp3) is 0.286. The van der Waals surface area contributed by atoms with Gasteiger partial charge in [0.1, 0.15) is 30.4 Å². The highest BCUT2D eigenvalue weighted by Crippen LogP contribution is 2.35. The summed E-state index contributed by atoms with van der Waals surface area (Å²) in [7, 11) is 0. The molecule has 34 heavy (non-hydrogen) atoms. The first-order valence-electron chi connectivity index (χ1n) is 10.2. The summed E-state index contributed by atoms with van der Waals surface area (Å²) in [6.45, 7) is 0.329. The molecule has 0 bridgehead atoms. The molecule has 1 atom stereocenters. The summed E-state index contributed by atoms with van der Waals surface area (Å²) in [5.41, 5.74) is 1.25. The molecule has 0 N–H and O–H groups in total. The Morgan fingerprint density at radius 1 is 1.21 bits per heavy atom. The van der Waals surface area contributed by atoms with Gasteiger partial charge in [0.25, 0.3) is 5.91 Å². The predicted octanol–water partition coefficient (Wildman–Crippen LogP) is 4.12. The summed E-state index contributed by atoms with van der Waals surface area (Å²) in [6, 6.07) is 2.72. The highest BCUT2D eigenvalue weighted by Gasteiger charge is 2.40.